The minimum Gasteiger partial charge on any atom is -0.438 e. The molecule has 88 valence electrons. The quantitative estimate of drug-likeness (QED) is 0.872. The maximum atomic E-state index is 5.75. The lowest BCUT2D eigenvalue weighted by atomic mass is 10.2. The zero-order chi connectivity index (χ0) is 12.4. The minimum absolute atomic E-state index is 0.509. The Morgan fingerprint density at radius 2 is 2.06 bits per heavy atom. The number of anilines is 1. The molecule has 0 aliphatic rings. The summed E-state index contributed by atoms with van der Waals surface area (Å²) in [6.45, 7) is 1.91. The highest BCUT2D eigenvalue weighted by atomic mass is 79.9. The van der Waals surface area contributed by atoms with Gasteiger partial charge in [-0.3, -0.25) is 0 Å². The molecule has 0 saturated carbocycles. The molecule has 0 unspecified atom stereocenters. The number of ether oxygens (including phenoxy) is 1. The monoisotopic (exact) mass is 356 g/mol. The van der Waals surface area contributed by atoms with Gasteiger partial charge in [0.15, 0.2) is 0 Å². The van der Waals surface area contributed by atoms with Crippen LogP contribution < -0.4 is 10.5 Å². The Morgan fingerprint density at radius 1 is 1.29 bits per heavy atom. The van der Waals surface area contributed by atoms with Crippen LogP contribution in [-0.4, -0.2) is 4.98 Å². The lowest BCUT2D eigenvalue weighted by Gasteiger charge is -2.09. The van der Waals surface area contributed by atoms with E-state index in [1.807, 2.05) is 31.2 Å². The minimum atomic E-state index is 0.509. The number of benzene rings is 1. The first-order valence-corrected chi connectivity index (χ1v) is 6.50. The van der Waals surface area contributed by atoms with Gasteiger partial charge in [0, 0.05) is 4.47 Å². The van der Waals surface area contributed by atoms with Gasteiger partial charge in [-0.2, -0.15) is 0 Å². The fraction of sp³-hybridized carbons (Fsp3) is 0.0833. The molecule has 0 fully saturated rings. The van der Waals surface area contributed by atoms with Crippen LogP contribution >= 0.6 is 31.9 Å². The summed E-state index contributed by atoms with van der Waals surface area (Å²) in [6.07, 6.45) is 1.59. The Balaban J connectivity index is 2.34. The van der Waals surface area contributed by atoms with Gasteiger partial charge in [-0.1, -0.05) is 22.0 Å². The first kappa shape index (κ1) is 12.4. The van der Waals surface area contributed by atoms with Crippen LogP contribution in [0.5, 0.6) is 11.6 Å². The van der Waals surface area contributed by atoms with Gasteiger partial charge >= 0.3 is 0 Å². The van der Waals surface area contributed by atoms with Crippen molar-refractivity contribution >= 4 is 37.5 Å². The predicted octanol–water partition coefficient (Wildman–Crippen LogP) is 4.29. The second kappa shape index (κ2) is 5.06. The molecule has 0 radical (unpaired) electrons. The Kier molecular flexibility index (Phi) is 3.69. The number of hydrogen-bond acceptors (Lipinski definition) is 3. The van der Waals surface area contributed by atoms with E-state index in [0.717, 1.165) is 20.3 Å². The summed E-state index contributed by atoms with van der Waals surface area (Å²) in [5, 5.41) is 0. The normalized spacial score (nSPS) is 10.3. The van der Waals surface area contributed by atoms with Crippen LogP contribution in [0.25, 0.3) is 0 Å². The zero-order valence-corrected chi connectivity index (χ0v) is 12.2. The van der Waals surface area contributed by atoms with Crippen molar-refractivity contribution in [2.24, 2.45) is 0 Å². The number of nitrogen functional groups attached to an aromatic ring is 1. The van der Waals surface area contributed by atoms with E-state index >= 15 is 0 Å². The summed E-state index contributed by atoms with van der Waals surface area (Å²) in [6, 6.07) is 7.57. The van der Waals surface area contributed by atoms with E-state index in [4.69, 9.17) is 10.5 Å². The van der Waals surface area contributed by atoms with E-state index in [1.165, 1.54) is 0 Å². The first-order chi connectivity index (χ1) is 8.08. The average Bonchev–Trinajstić information content (AvgIpc) is 2.30. The summed E-state index contributed by atoms with van der Waals surface area (Å²) in [5.41, 5.74) is 7.31. The molecule has 1 aromatic carbocycles. The first-order valence-electron chi connectivity index (χ1n) is 4.92. The molecule has 1 aromatic heterocycles. The molecule has 0 spiro atoms. The molecule has 0 aliphatic carbocycles. The third-order valence-corrected chi connectivity index (χ3v) is 3.71. The van der Waals surface area contributed by atoms with E-state index in [-0.39, 0.29) is 0 Å². The molecule has 1 heterocycles. The summed E-state index contributed by atoms with van der Waals surface area (Å²) in [5.74, 6) is 1.23. The van der Waals surface area contributed by atoms with E-state index in [1.54, 1.807) is 6.20 Å². The van der Waals surface area contributed by atoms with Gasteiger partial charge in [-0.05, 0) is 46.6 Å². The topological polar surface area (TPSA) is 48.1 Å². The predicted molar refractivity (Wildman–Crippen MR) is 75.3 cm³/mol. The average molecular weight is 358 g/mol. The molecule has 17 heavy (non-hydrogen) atoms. The standard InChI is InChI=1S/C12H10Br2N2O/c1-7-10(15)6-16-12(11(7)14)17-9-4-2-3-8(13)5-9/h2-6H,15H2,1H3. The van der Waals surface area contributed by atoms with Crippen molar-refractivity contribution in [3.63, 3.8) is 0 Å². The van der Waals surface area contributed by atoms with Gasteiger partial charge in [0.05, 0.1) is 16.4 Å². The zero-order valence-electron chi connectivity index (χ0n) is 9.08. The second-order valence-electron chi connectivity index (χ2n) is 3.52. The van der Waals surface area contributed by atoms with Gasteiger partial charge in [0.25, 0.3) is 0 Å². The maximum Gasteiger partial charge on any atom is 0.233 e. The van der Waals surface area contributed by atoms with Crippen molar-refractivity contribution in [2.45, 2.75) is 6.92 Å². The smallest absolute Gasteiger partial charge is 0.233 e. The number of nitrogens with two attached hydrogens (primary N) is 1. The Labute approximate surface area is 116 Å². The molecule has 2 N–H and O–H groups in total. The summed E-state index contributed by atoms with van der Waals surface area (Å²) >= 11 is 6.82. The summed E-state index contributed by atoms with van der Waals surface area (Å²) in [7, 11) is 0. The maximum absolute atomic E-state index is 5.75. The lowest BCUT2D eigenvalue weighted by Crippen LogP contribution is -1.96. The number of pyridine rings is 1. The molecule has 0 atom stereocenters. The number of aromatic nitrogens is 1. The molecule has 0 amide bonds. The van der Waals surface area contributed by atoms with Gasteiger partial charge in [-0.25, -0.2) is 4.98 Å². The molecule has 2 rings (SSSR count). The van der Waals surface area contributed by atoms with E-state index < -0.39 is 0 Å². The van der Waals surface area contributed by atoms with Crippen LogP contribution in [0.1, 0.15) is 5.56 Å². The number of hydrogen-bond donors (Lipinski definition) is 1. The molecule has 3 nitrogen and oxygen atoms in total. The SMILES string of the molecule is Cc1c(N)cnc(Oc2cccc(Br)c2)c1Br. The van der Waals surface area contributed by atoms with Gasteiger partial charge in [-0.15, -0.1) is 0 Å². The molecule has 0 bridgehead atoms. The van der Waals surface area contributed by atoms with Crippen LogP contribution in [0.2, 0.25) is 0 Å². The van der Waals surface area contributed by atoms with Crippen LogP contribution in [0.3, 0.4) is 0 Å². The second-order valence-corrected chi connectivity index (χ2v) is 5.23. The van der Waals surface area contributed by atoms with Crippen LogP contribution in [-0.2, 0) is 0 Å². The fourth-order valence-electron chi connectivity index (χ4n) is 1.28. The van der Waals surface area contributed by atoms with E-state index in [9.17, 15) is 0 Å². The Hall–Kier alpha value is -1.07. The van der Waals surface area contributed by atoms with Gasteiger partial charge < -0.3 is 10.5 Å². The van der Waals surface area contributed by atoms with E-state index in [2.05, 4.69) is 36.8 Å². The van der Waals surface area contributed by atoms with Crippen molar-refractivity contribution in [1.82, 2.24) is 4.98 Å². The largest absolute Gasteiger partial charge is 0.438 e. The third-order valence-electron chi connectivity index (χ3n) is 2.28. The van der Waals surface area contributed by atoms with Gasteiger partial charge in [0.2, 0.25) is 5.88 Å². The summed E-state index contributed by atoms with van der Waals surface area (Å²) in [4.78, 5) is 4.15. The Bertz CT molecular complexity index is 558. The Morgan fingerprint density at radius 3 is 2.76 bits per heavy atom. The lowest BCUT2D eigenvalue weighted by molar-refractivity contribution is 0.459. The van der Waals surface area contributed by atoms with Gasteiger partial charge in [0.1, 0.15) is 5.75 Å². The molecular weight excluding hydrogens is 348 g/mol. The third kappa shape index (κ3) is 2.79. The van der Waals surface area contributed by atoms with Crippen molar-refractivity contribution in [1.29, 1.82) is 0 Å². The van der Waals surface area contributed by atoms with Crippen LogP contribution in [0, 0.1) is 6.92 Å². The van der Waals surface area contributed by atoms with Crippen LogP contribution in [0.15, 0.2) is 39.4 Å². The molecule has 0 saturated heterocycles. The van der Waals surface area contributed by atoms with Crippen molar-refractivity contribution in [3.05, 3.63) is 45.0 Å². The van der Waals surface area contributed by atoms with Crippen LogP contribution in [0.4, 0.5) is 5.69 Å². The van der Waals surface area contributed by atoms with Crippen molar-refractivity contribution in [2.75, 3.05) is 5.73 Å². The molecule has 0 aliphatic heterocycles. The number of rotatable bonds is 2. The molecule has 5 heteroatoms. The molecular formula is C12H10Br2N2O. The number of halogens is 2. The van der Waals surface area contributed by atoms with Crippen molar-refractivity contribution in [3.8, 4) is 11.6 Å². The highest BCUT2D eigenvalue weighted by Crippen LogP contribution is 2.33. The van der Waals surface area contributed by atoms with Crippen molar-refractivity contribution < 1.29 is 4.74 Å². The highest BCUT2D eigenvalue weighted by molar-refractivity contribution is 9.10. The number of nitrogens with zero attached hydrogens (tertiary/aromatic N) is 1. The fourth-order valence-corrected chi connectivity index (χ4v) is 2.07. The van der Waals surface area contributed by atoms with E-state index in [0.29, 0.717) is 11.6 Å². The summed E-state index contributed by atoms with van der Waals surface area (Å²) < 4.78 is 7.41. The molecule has 2 aromatic rings. The highest BCUT2D eigenvalue weighted by Gasteiger charge is 2.09.